The van der Waals surface area contributed by atoms with Crippen LogP contribution in [0.3, 0.4) is 0 Å². The van der Waals surface area contributed by atoms with E-state index < -0.39 is 11.5 Å². The highest BCUT2D eigenvalue weighted by Gasteiger charge is 2.18. The molecule has 1 aromatic carbocycles. The first kappa shape index (κ1) is 16.9. The summed E-state index contributed by atoms with van der Waals surface area (Å²) in [4.78, 5) is 29.7. The molecule has 0 saturated carbocycles. The predicted molar refractivity (Wildman–Crippen MR) is 98.1 cm³/mol. The molecule has 0 fully saturated rings. The van der Waals surface area contributed by atoms with Crippen LogP contribution >= 0.6 is 11.3 Å². The van der Waals surface area contributed by atoms with Crippen LogP contribution in [0.2, 0.25) is 0 Å². The van der Waals surface area contributed by atoms with Gasteiger partial charge in [-0.05, 0) is 37.6 Å². The number of hydrogen-bond donors (Lipinski definition) is 1. The average Bonchev–Trinajstić information content (AvgIpc) is 3.00. The molecule has 6 nitrogen and oxygen atoms in total. The first-order chi connectivity index (χ1) is 12.0. The lowest BCUT2D eigenvalue weighted by Crippen LogP contribution is -2.29. The molecule has 3 aromatic rings. The summed E-state index contributed by atoms with van der Waals surface area (Å²) in [5.41, 5.74) is 1.67. The number of carbonyl (C=O) groups excluding carboxylic acids is 1. The lowest BCUT2D eigenvalue weighted by Gasteiger charge is -2.13. The average molecular weight is 355 g/mol. The van der Waals surface area contributed by atoms with Gasteiger partial charge in [-0.3, -0.25) is 19.5 Å². The van der Waals surface area contributed by atoms with Crippen LogP contribution in [0.15, 0.2) is 46.7 Å². The Morgan fingerprint density at radius 2 is 2.00 bits per heavy atom. The summed E-state index contributed by atoms with van der Waals surface area (Å²) in [6.07, 6.45) is 1.64. The van der Waals surface area contributed by atoms with Gasteiger partial charge in [0.05, 0.1) is 18.5 Å². The van der Waals surface area contributed by atoms with E-state index in [2.05, 4.69) is 10.3 Å². The van der Waals surface area contributed by atoms with E-state index >= 15 is 0 Å². The largest absolute Gasteiger partial charge is 0.495 e. The fourth-order valence-electron chi connectivity index (χ4n) is 2.49. The zero-order chi connectivity index (χ0) is 18.0. The molecule has 2 aromatic heterocycles. The van der Waals surface area contributed by atoms with Crippen molar-refractivity contribution in [3.8, 4) is 11.4 Å². The minimum absolute atomic E-state index is 0.0845. The number of benzene rings is 1. The van der Waals surface area contributed by atoms with Crippen molar-refractivity contribution in [1.29, 1.82) is 0 Å². The number of hydrogen-bond acceptors (Lipinski definition) is 5. The SMILES string of the molecule is COc1ccccc1-n1ccc(C)c(C(=O)Nc2nc(C)cs2)c1=O. The minimum atomic E-state index is -0.471. The van der Waals surface area contributed by atoms with Crippen LogP contribution < -0.4 is 15.6 Å². The summed E-state index contributed by atoms with van der Waals surface area (Å²) in [5, 5.41) is 4.99. The summed E-state index contributed by atoms with van der Waals surface area (Å²) >= 11 is 1.32. The lowest BCUT2D eigenvalue weighted by atomic mass is 10.1. The Bertz CT molecular complexity index is 991. The molecule has 0 spiro atoms. The van der Waals surface area contributed by atoms with Gasteiger partial charge in [0.2, 0.25) is 0 Å². The summed E-state index contributed by atoms with van der Waals surface area (Å²) < 4.78 is 6.73. The highest BCUT2D eigenvalue weighted by Crippen LogP contribution is 2.21. The number of nitrogens with one attached hydrogen (secondary N) is 1. The maximum atomic E-state index is 12.9. The van der Waals surface area contributed by atoms with E-state index in [-0.39, 0.29) is 5.56 Å². The quantitative estimate of drug-likeness (QED) is 0.780. The number of nitrogens with zero attached hydrogens (tertiary/aromatic N) is 2. The Morgan fingerprint density at radius 3 is 2.68 bits per heavy atom. The Hall–Kier alpha value is -2.93. The molecule has 0 aliphatic carbocycles. The Morgan fingerprint density at radius 1 is 1.24 bits per heavy atom. The minimum Gasteiger partial charge on any atom is -0.495 e. The van der Waals surface area contributed by atoms with Crippen molar-refractivity contribution in [2.24, 2.45) is 0 Å². The van der Waals surface area contributed by atoms with Gasteiger partial charge in [0.25, 0.3) is 11.5 Å². The van der Waals surface area contributed by atoms with Crippen LogP contribution in [0.25, 0.3) is 5.69 Å². The Labute approximate surface area is 148 Å². The molecular weight excluding hydrogens is 338 g/mol. The van der Waals surface area contributed by atoms with Crippen molar-refractivity contribution in [1.82, 2.24) is 9.55 Å². The number of ether oxygens (including phenoxy) is 1. The van der Waals surface area contributed by atoms with Crippen LogP contribution in [0, 0.1) is 13.8 Å². The molecule has 2 heterocycles. The number of rotatable bonds is 4. The van der Waals surface area contributed by atoms with Crippen molar-refractivity contribution in [3.63, 3.8) is 0 Å². The molecule has 25 heavy (non-hydrogen) atoms. The molecule has 0 atom stereocenters. The maximum Gasteiger partial charge on any atom is 0.268 e. The molecule has 0 saturated heterocycles. The van der Waals surface area contributed by atoms with E-state index in [1.807, 2.05) is 24.4 Å². The van der Waals surface area contributed by atoms with E-state index in [1.165, 1.54) is 23.0 Å². The van der Waals surface area contributed by atoms with Gasteiger partial charge in [-0.25, -0.2) is 4.98 Å². The standard InChI is InChI=1S/C18H17N3O3S/c1-11-8-9-21(13-6-4-5-7-14(13)24-3)17(23)15(11)16(22)20-18-19-12(2)10-25-18/h4-10H,1-3H3,(H,19,20,22). The fraction of sp³-hybridized carbons (Fsp3) is 0.167. The van der Waals surface area contributed by atoms with E-state index in [9.17, 15) is 9.59 Å². The van der Waals surface area contributed by atoms with E-state index in [0.717, 1.165) is 5.69 Å². The van der Waals surface area contributed by atoms with Gasteiger partial charge in [0.15, 0.2) is 5.13 Å². The van der Waals surface area contributed by atoms with Crippen molar-refractivity contribution in [3.05, 3.63) is 69.1 Å². The number of anilines is 1. The first-order valence-electron chi connectivity index (χ1n) is 7.60. The first-order valence-corrected chi connectivity index (χ1v) is 8.48. The number of aryl methyl sites for hydroxylation is 2. The summed E-state index contributed by atoms with van der Waals surface area (Å²) in [6.45, 7) is 3.57. The molecule has 1 amide bonds. The predicted octanol–water partition coefficient (Wildman–Crippen LogP) is 3.17. The number of methoxy groups -OCH3 is 1. The second-order valence-corrected chi connectivity index (χ2v) is 6.33. The van der Waals surface area contributed by atoms with Crippen molar-refractivity contribution < 1.29 is 9.53 Å². The topological polar surface area (TPSA) is 73.2 Å². The second-order valence-electron chi connectivity index (χ2n) is 5.47. The molecule has 3 rings (SSSR count). The molecular formula is C18H17N3O3S. The number of amides is 1. The number of thiazole rings is 1. The Balaban J connectivity index is 2.06. The fourth-order valence-corrected chi connectivity index (χ4v) is 3.18. The highest BCUT2D eigenvalue weighted by molar-refractivity contribution is 7.13. The van der Waals surface area contributed by atoms with E-state index in [1.54, 1.807) is 31.3 Å². The number of pyridine rings is 1. The number of carbonyl (C=O) groups is 1. The van der Waals surface area contributed by atoms with Crippen molar-refractivity contribution >= 4 is 22.4 Å². The van der Waals surface area contributed by atoms with E-state index in [0.29, 0.717) is 22.1 Å². The van der Waals surface area contributed by atoms with E-state index in [4.69, 9.17) is 4.74 Å². The van der Waals surface area contributed by atoms with Crippen LogP contribution in [-0.2, 0) is 0 Å². The molecule has 128 valence electrons. The molecule has 1 N–H and O–H groups in total. The second kappa shape index (κ2) is 6.90. The van der Waals surface area contributed by atoms with Crippen LogP contribution in [-0.4, -0.2) is 22.6 Å². The summed E-state index contributed by atoms with van der Waals surface area (Å²) in [7, 11) is 1.54. The van der Waals surface area contributed by atoms with Gasteiger partial charge in [-0.15, -0.1) is 11.3 Å². The third-order valence-corrected chi connectivity index (χ3v) is 4.59. The molecule has 7 heteroatoms. The third kappa shape index (κ3) is 3.32. The maximum absolute atomic E-state index is 12.9. The third-order valence-electron chi connectivity index (χ3n) is 3.71. The summed E-state index contributed by atoms with van der Waals surface area (Å²) in [6, 6.07) is 8.89. The zero-order valence-corrected chi connectivity index (χ0v) is 14.9. The van der Waals surface area contributed by atoms with Gasteiger partial charge in [-0.1, -0.05) is 12.1 Å². The normalized spacial score (nSPS) is 10.5. The van der Waals surface area contributed by atoms with Gasteiger partial charge >= 0.3 is 0 Å². The van der Waals surface area contributed by atoms with Gasteiger partial charge < -0.3 is 4.74 Å². The molecule has 0 aliphatic heterocycles. The highest BCUT2D eigenvalue weighted by atomic mass is 32.1. The van der Waals surface area contributed by atoms with Gasteiger partial charge in [-0.2, -0.15) is 0 Å². The van der Waals surface area contributed by atoms with Crippen molar-refractivity contribution in [2.45, 2.75) is 13.8 Å². The number of aromatic nitrogens is 2. The van der Waals surface area contributed by atoms with Crippen LogP contribution in [0.5, 0.6) is 5.75 Å². The zero-order valence-electron chi connectivity index (χ0n) is 14.1. The monoisotopic (exact) mass is 355 g/mol. The number of para-hydroxylation sites is 2. The van der Waals surface area contributed by atoms with Gasteiger partial charge in [0.1, 0.15) is 11.3 Å². The van der Waals surface area contributed by atoms with Gasteiger partial charge in [0, 0.05) is 11.6 Å². The lowest BCUT2D eigenvalue weighted by molar-refractivity contribution is 0.102. The molecule has 0 bridgehead atoms. The smallest absolute Gasteiger partial charge is 0.268 e. The molecule has 0 aliphatic rings. The summed E-state index contributed by atoms with van der Waals surface area (Å²) in [5.74, 6) is 0.0801. The Kier molecular flexibility index (Phi) is 4.67. The van der Waals surface area contributed by atoms with Crippen LogP contribution in [0.1, 0.15) is 21.6 Å². The molecule has 0 radical (unpaired) electrons. The van der Waals surface area contributed by atoms with Crippen molar-refractivity contribution in [2.75, 3.05) is 12.4 Å². The molecule has 0 unspecified atom stereocenters. The van der Waals surface area contributed by atoms with Crippen LogP contribution in [0.4, 0.5) is 5.13 Å².